The molecule has 3 aromatic rings. The Morgan fingerprint density at radius 1 is 0.924 bits per heavy atom. The van der Waals surface area contributed by atoms with Crippen molar-refractivity contribution in [3.63, 3.8) is 0 Å². The number of phenols is 1. The van der Waals surface area contributed by atoms with E-state index in [0.29, 0.717) is 11.4 Å². The number of ether oxygens (including phenoxy) is 4. The van der Waals surface area contributed by atoms with Gasteiger partial charge in [0.2, 0.25) is 0 Å². The molecule has 0 spiro atoms. The summed E-state index contributed by atoms with van der Waals surface area (Å²) in [5.41, 5.74) is -1.39. The smallest absolute Gasteiger partial charge is 0.312 e. The molecule has 1 amide bonds. The molecular formula is C49H58N4O13. The highest BCUT2D eigenvalue weighted by Gasteiger charge is 2.52. The number of benzene rings is 2. The van der Waals surface area contributed by atoms with Crippen LogP contribution in [0.1, 0.15) is 86.0 Å². The molecule has 0 radical (unpaired) electrons. The Balaban J connectivity index is 1.52. The van der Waals surface area contributed by atoms with Gasteiger partial charge in [0.05, 0.1) is 63.9 Å². The van der Waals surface area contributed by atoms with Gasteiger partial charge in [0, 0.05) is 69.0 Å². The zero-order valence-corrected chi connectivity index (χ0v) is 38.8. The largest absolute Gasteiger partial charge is 0.507 e. The quantitative estimate of drug-likeness (QED) is 0.135. The predicted octanol–water partition coefficient (Wildman–Crippen LogP) is 5.58. The van der Waals surface area contributed by atoms with Crippen molar-refractivity contribution >= 4 is 34.9 Å². The van der Waals surface area contributed by atoms with Crippen LogP contribution in [-0.4, -0.2) is 90.5 Å². The molecule has 4 heterocycles. The average Bonchev–Trinajstić information content (AvgIpc) is 3.67. The third-order valence-electron chi connectivity index (χ3n) is 12.9. The van der Waals surface area contributed by atoms with Gasteiger partial charge in [0.1, 0.15) is 23.3 Å². The first-order chi connectivity index (χ1) is 31.1. The molecule has 0 saturated heterocycles. The van der Waals surface area contributed by atoms with Crippen LogP contribution in [0.3, 0.4) is 0 Å². The number of hydrogen-bond donors (Lipinski definition) is 6. The zero-order chi connectivity index (χ0) is 48.7. The van der Waals surface area contributed by atoms with E-state index < -0.39 is 111 Å². The number of Topliss-reactive ketones (excluding diaryl/α,β-unsaturated/α-hetero) is 2. The fraction of sp³-hybridized carbons (Fsp3) is 0.408. The van der Waals surface area contributed by atoms with E-state index in [9.17, 15) is 44.4 Å². The lowest BCUT2D eigenvalue weighted by atomic mass is 9.78. The number of aromatic hydroxyl groups is 1. The van der Waals surface area contributed by atoms with Crippen LogP contribution >= 0.6 is 0 Å². The van der Waals surface area contributed by atoms with E-state index in [4.69, 9.17) is 18.9 Å². The summed E-state index contributed by atoms with van der Waals surface area (Å²) < 4.78 is 26.6. The van der Waals surface area contributed by atoms with E-state index >= 15 is 0 Å². The van der Waals surface area contributed by atoms with E-state index in [2.05, 4.69) is 10.6 Å². The predicted molar refractivity (Wildman–Crippen MR) is 244 cm³/mol. The number of ketones is 2. The molecule has 1 aromatic heterocycles. The van der Waals surface area contributed by atoms with Crippen LogP contribution in [0.2, 0.25) is 0 Å². The minimum absolute atomic E-state index is 0.0252. The molecule has 1 aliphatic carbocycles. The fourth-order valence-corrected chi connectivity index (χ4v) is 8.75. The number of aromatic nitrogens is 2. The molecule has 5 bridgehead atoms. The number of hydrogen-bond acceptors (Lipinski definition) is 14. The number of methoxy groups -OCH3 is 1. The molecule has 17 nitrogen and oxygen atoms in total. The molecule has 2 aromatic carbocycles. The van der Waals surface area contributed by atoms with E-state index in [0.717, 1.165) is 12.5 Å². The second-order valence-corrected chi connectivity index (χ2v) is 17.3. The van der Waals surface area contributed by atoms with Gasteiger partial charge >= 0.3 is 11.8 Å². The standard InChI is InChI=1S/C49H58N4O13/c1-23-16-15-17-24(2)47(61)51-38-32(22-50-37-29(7)52(10)53(48(37)62)31-18-13-12-14-19-31)42(58)34-35(43(38)59)41(57)28(6)45-36(34)46(60)49(9,66-45)64-21-20-33(63-11)25(3)44(65-30(8)54)27(5)40(56)26(4)39(23)55/h12-23,25-27,33,39-40,44,50,55-57,59H,1-11H3,(H,51,61)/b16-15+,21-20+,24-17-,32-22+/t23-,25-,26-,27-,33+,39-,40+,44-,49+/m1/s1. The first kappa shape index (κ1) is 48.8. The number of fused-ring (bicyclic) bond motifs is 14. The number of esters is 1. The lowest BCUT2D eigenvalue weighted by Gasteiger charge is -2.38. The molecule has 66 heavy (non-hydrogen) atoms. The zero-order valence-electron chi connectivity index (χ0n) is 38.8. The maximum Gasteiger partial charge on any atom is 0.312 e. The van der Waals surface area contributed by atoms with Crippen molar-refractivity contribution in [2.75, 3.05) is 12.4 Å². The number of nitrogens with one attached hydrogen (secondary N) is 2. The van der Waals surface area contributed by atoms with Gasteiger partial charge in [-0.25, -0.2) is 4.68 Å². The van der Waals surface area contributed by atoms with Crippen LogP contribution in [0.25, 0.3) is 11.4 Å². The van der Waals surface area contributed by atoms with Gasteiger partial charge < -0.3 is 50.0 Å². The Bertz CT molecular complexity index is 2670. The number of carbonyl (C=O) groups is 4. The van der Waals surface area contributed by atoms with E-state index in [1.54, 1.807) is 82.8 Å². The Labute approximate surface area is 382 Å². The summed E-state index contributed by atoms with van der Waals surface area (Å²) in [5.74, 6) is -9.54. The summed E-state index contributed by atoms with van der Waals surface area (Å²) >= 11 is 0. The lowest BCUT2D eigenvalue weighted by Crippen LogP contribution is -2.46. The third kappa shape index (κ3) is 8.73. The highest BCUT2D eigenvalue weighted by Crippen LogP contribution is 2.50. The molecule has 352 valence electrons. The maximum atomic E-state index is 15.0. The number of allylic oxidation sites excluding steroid dienone is 3. The minimum Gasteiger partial charge on any atom is -0.507 e. The van der Waals surface area contributed by atoms with E-state index in [-0.39, 0.29) is 33.7 Å². The molecule has 4 aliphatic rings. The van der Waals surface area contributed by atoms with Crippen LogP contribution in [0, 0.1) is 37.5 Å². The second kappa shape index (κ2) is 19.0. The van der Waals surface area contributed by atoms with Crippen LogP contribution in [0.4, 0.5) is 5.69 Å². The number of phenolic OH excluding ortho intramolecular Hbond substituents is 1. The molecule has 0 fully saturated rings. The molecule has 3 aliphatic heterocycles. The van der Waals surface area contributed by atoms with Crippen molar-refractivity contribution < 1.29 is 58.6 Å². The number of para-hydroxylation sites is 1. The average molecular weight is 911 g/mol. The Morgan fingerprint density at radius 2 is 1.59 bits per heavy atom. The number of anilines is 1. The Kier molecular flexibility index (Phi) is 14.1. The van der Waals surface area contributed by atoms with E-state index in [1.165, 1.54) is 57.7 Å². The molecule has 17 heteroatoms. The van der Waals surface area contributed by atoms with Crippen molar-refractivity contribution in [3.05, 3.63) is 122 Å². The lowest BCUT2D eigenvalue weighted by molar-refractivity contribution is -0.160. The number of rotatable bonds is 5. The topological polar surface area (TPSA) is 237 Å². The van der Waals surface area contributed by atoms with Gasteiger partial charge in [-0.1, -0.05) is 64.1 Å². The van der Waals surface area contributed by atoms with Gasteiger partial charge in [-0.05, 0) is 39.0 Å². The third-order valence-corrected chi connectivity index (χ3v) is 12.9. The number of amides is 1. The number of aliphatic hydroxyl groups excluding tert-OH is 3. The van der Waals surface area contributed by atoms with Crippen molar-refractivity contribution in [2.45, 2.75) is 92.5 Å². The molecular weight excluding hydrogens is 853 g/mol. The normalized spacial score (nSPS) is 29.7. The summed E-state index contributed by atoms with van der Waals surface area (Å²) in [5, 5.41) is 52.2. The van der Waals surface area contributed by atoms with Crippen molar-refractivity contribution in [2.24, 2.45) is 30.7 Å². The molecule has 9 atom stereocenters. The van der Waals surface area contributed by atoms with Gasteiger partial charge in [-0.3, -0.25) is 28.7 Å². The Morgan fingerprint density at radius 3 is 2.23 bits per heavy atom. The molecule has 7 rings (SSSR count). The number of nitrogens with zero attached hydrogens (tertiary/aromatic N) is 2. The van der Waals surface area contributed by atoms with E-state index in [1.807, 2.05) is 0 Å². The second-order valence-electron chi connectivity index (χ2n) is 17.3. The van der Waals surface area contributed by atoms with Gasteiger partial charge in [-0.2, -0.15) is 0 Å². The number of aliphatic hydroxyl groups is 3. The fourth-order valence-electron chi connectivity index (χ4n) is 8.75. The first-order valence-electron chi connectivity index (χ1n) is 21.6. The summed E-state index contributed by atoms with van der Waals surface area (Å²) in [6, 6.07) is 8.84. The van der Waals surface area contributed by atoms with Gasteiger partial charge in [0.25, 0.3) is 17.2 Å². The summed E-state index contributed by atoms with van der Waals surface area (Å²) in [6.07, 6.45) is 4.32. The van der Waals surface area contributed by atoms with Crippen LogP contribution in [-0.2, 0) is 30.8 Å². The minimum atomic E-state index is -2.14. The van der Waals surface area contributed by atoms with Crippen LogP contribution in [0.5, 0.6) is 11.5 Å². The van der Waals surface area contributed by atoms with Crippen molar-refractivity contribution in [3.8, 4) is 17.2 Å². The van der Waals surface area contributed by atoms with Crippen LogP contribution in [0.15, 0.2) is 88.7 Å². The van der Waals surface area contributed by atoms with Crippen molar-refractivity contribution in [1.82, 2.24) is 14.7 Å². The highest BCUT2D eigenvalue weighted by molar-refractivity contribution is 6.26. The molecule has 6 N–H and O–H groups in total. The first-order valence-corrected chi connectivity index (χ1v) is 21.6. The monoisotopic (exact) mass is 910 g/mol. The Hall–Kier alpha value is -6.69. The van der Waals surface area contributed by atoms with Gasteiger partial charge in [-0.15, -0.1) is 0 Å². The highest BCUT2D eigenvalue weighted by atomic mass is 16.7. The number of carbonyl (C=O) groups excluding carboxylic acids is 4. The molecule has 0 saturated carbocycles. The van der Waals surface area contributed by atoms with Crippen molar-refractivity contribution in [1.29, 1.82) is 0 Å². The van der Waals surface area contributed by atoms with Crippen LogP contribution < -0.4 is 20.9 Å². The molecule has 0 unspecified atom stereocenters. The summed E-state index contributed by atoms with van der Waals surface area (Å²) in [4.78, 5) is 69.8. The summed E-state index contributed by atoms with van der Waals surface area (Å²) in [6.45, 7) is 13.9. The van der Waals surface area contributed by atoms with Gasteiger partial charge in [0.15, 0.2) is 11.5 Å². The maximum absolute atomic E-state index is 15.0. The SMILES string of the molecule is CO[C@H]1/C=C/O[C@@]2(C)Oc3c(C)c(O)c4c(c3C2=O)C(=O)/C(=C/Nc2c(C)n(C)n(-c3ccccc3)c2=O)C(=C4O)NC(=O)/C(C)=C\C=C\[C@@H](C)[C@@H](O)[C@@H](C)[C@H](O)[C@@H](C)[C@H](OC(C)=O)[C@@H]1C. The summed E-state index contributed by atoms with van der Waals surface area (Å²) in [7, 11) is 3.09.